The number of thiophene rings is 1. The maximum Gasteiger partial charge on any atom is 0.252 e. The fraction of sp³-hybridized carbons (Fsp3) is 0.667. The van der Waals surface area contributed by atoms with E-state index in [-0.39, 0.29) is 22.1 Å². The molecule has 0 aromatic carbocycles. The number of carbonyl (C=O) groups is 1. The van der Waals surface area contributed by atoms with Crippen molar-refractivity contribution in [2.75, 3.05) is 13.1 Å². The third-order valence-electron chi connectivity index (χ3n) is 4.34. The van der Waals surface area contributed by atoms with Gasteiger partial charge >= 0.3 is 0 Å². The first-order valence-electron chi connectivity index (χ1n) is 7.77. The van der Waals surface area contributed by atoms with Gasteiger partial charge in [-0.05, 0) is 37.8 Å². The predicted octanol–water partition coefficient (Wildman–Crippen LogP) is 2.96. The summed E-state index contributed by atoms with van der Waals surface area (Å²) in [6.45, 7) is 6.85. The molecule has 8 heteroatoms. The molecule has 1 aromatic rings. The molecule has 0 radical (unpaired) electrons. The van der Waals surface area contributed by atoms with Crippen LogP contribution in [0.1, 0.15) is 33.6 Å². The Morgan fingerprint density at radius 2 is 1.91 bits per heavy atom. The lowest BCUT2D eigenvalue weighted by Gasteiger charge is -2.31. The van der Waals surface area contributed by atoms with Crippen molar-refractivity contribution in [3.05, 3.63) is 16.5 Å². The molecule has 1 saturated heterocycles. The second kappa shape index (κ2) is 7.51. The van der Waals surface area contributed by atoms with Gasteiger partial charge in [0.15, 0.2) is 0 Å². The fourth-order valence-corrected chi connectivity index (χ4v) is 5.54. The van der Waals surface area contributed by atoms with Crippen molar-refractivity contribution in [3.63, 3.8) is 0 Å². The highest BCUT2D eigenvalue weighted by Gasteiger charge is 2.33. The molecule has 1 aliphatic heterocycles. The monoisotopic (exact) mass is 378 g/mol. The van der Waals surface area contributed by atoms with Crippen molar-refractivity contribution >= 4 is 38.9 Å². The number of sulfonamides is 1. The summed E-state index contributed by atoms with van der Waals surface area (Å²) in [5, 5.41) is 3.02. The van der Waals surface area contributed by atoms with Gasteiger partial charge < -0.3 is 5.32 Å². The normalized spacial score (nSPS) is 19.0. The summed E-state index contributed by atoms with van der Waals surface area (Å²) in [5.41, 5.74) is 0. The zero-order valence-electron chi connectivity index (χ0n) is 13.6. The minimum absolute atomic E-state index is 0.0300. The van der Waals surface area contributed by atoms with E-state index in [1.165, 1.54) is 10.4 Å². The van der Waals surface area contributed by atoms with Gasteiger partial charge in [0.05, 0.1) is 4.34 Å². The molecule has 1 aliphatic rings. The van der Waals surface area contributed by atoms with Gasteiger partial charge in [0.25, 0.3) is 10.0 Å². The molecular formula is C15H23ClN2O3S2. The van der Waals surface area contributed by atoms with Gasteiger partial charge in [0, 0.05) is 25.0 Å². The van der Waals surface area contributed by atoms with Crippen LogP contribution in [0.2, 0.25) is 4.34 Å². The first-order valence-corrected chi connectivity index (χ1v) is 10.4. The van der Waals surface area contributed by atoms with E-state index in [2.05, 4.69) is 19.2 Å². The maximum atomic E-state index is 12.5. The number of nitrogens with one attached hydrogen (secondary N) is 1. The summed E-state index contributed by atoms with van der Waals surface area (Å²) in [6, 6.07) is 3.25. The first kappa shape index (κ1) is 18.7. The van der Waals surface area contributed by atoms with Gasteiger partial charge in [-0.3, -0.25) is 4.79 Å². The Kier molecular flexibility index (Phi) is 6.10. The highest BCUT2D eigenvalue weighted by molar-refractivity contribution is 7.91. The number of halogens is 1. The van der Waals surface area contributed by atoms with Crippen molar-refractivity contribution in [3.8, 4) is 0 Å². The Hall–Kier alpha value is -0.630. The Balaban J connectivity index is 1.94. The molecule has 1 fully saturated rings. The molecule has 130 valence electrons. The van der Waals surface area contributed by atoms with Crippen LogP contribution in [0.25, 0.3) is 0 Å². The summed E-state index contributed by atoms with van der Waals surface area (Å²) < 4.78 is 27.2. The van der Waals surface area contributed by atoms with Crippen LogP contribution in [-0.4, -0.2) is 37.8 Å². The van der Waals surface area contributed by atoms with Gasteiger partial charge in [-0.15, -0.1) is 11.3 Å². The lowest BCUT2D eigenvalue weighted by Crippen LogP contribution is -2.45. The van der Waals surface area contributed by atoms with Crippen LogP contribution in [0, 0.1) is 11.8 Å². The molecule has 0 bridgehead atoms. The molecule has 5 nitrogen and oxygen atoms in total. The number of piperidine rings is 1. The second-order valence-corrected chi connectivity index (χ2v) is 10.2. The highest BCUT2D eigenvalue weighted by atomic mass is 35.5. The number of nitrogens with zero attached hydrogens (tertiary/aromatic N) is 1. The summed E-state index contributed by atoms with van der Waals surface area (Å²) in [6.07, 6.45) is 1.10. The Morgan fingerprint density at radius 1 is 1.30 bits per heavy atom. The van der Waals surface area contributed by atoms with Crippen molar-refractivity contribution in [2.45, 2.75) is 43.9 Å². The summed E-state index contributed by atoms with van der Waals surface area (Å²) in [7, 11) is -3.49. The minimum atomic E-state index is -3.49. The van der Waals surface area contributed by atoms with Crippen molar-refractivity contribution in [2.24, 2.45) is 11.8 Å². The third kappa shape index (κ3) is 4.47. The number of amides is 1. The van der Waals surface area contributed by atoms with Gasteiger partial charge in [-0.2, -0.15) is 4.31 Å². The van der Waals surface area contributed by atoms with Crippen LogP contribution in [0.5, 0.6) is 0 Å². The second-order valence-electron chi connectivity index (χ2n) is 6.28. The average molecular weight is 379 g/mol. The topological polar surface area (TPSA) is 66.5 Å². The quantitative estimate of drug-likeness (QED) is 0.856. The zero-order valence-corrected chi connectivity index (χ0v) is 16.0. The van der Waals surface area contributed by atoms with Gasteiger partial charge in [0.2, 0.25) is 5.91 Å². The van der Waals surface area contributed by atoms with Crippen molar-refractivity contribution in [1.82, 2.24) is 9.62 Å². The van der Waals surface area contributed by atoms with Crippen molar-refractivity contribution in [1.29, 1.82) is 0 Å². The third-order valence-corrected chi connectivity index (χ3v) is 7.93. The number of hydrogen-bond donors (Lipinski definition) is 1. The van der Waals surface area contributed by atoms with Gasteiger partial charge in [-0.1, -0.05) is 25.4 Å². The molecule has 0 saturated carbocycles. The summed E-state index contributed by atoms with van der Waals surface area (Å²) in [4.78, 5) is 12.2. The van der Waals surface area contributed by atoms with Crippen LogP contribution < -0.4 is 5.32 Å². The Morgan fingerprint density at radius 3 is 2.39 bits per heavy atom. The van der Waals surface area contributed by atoms with E-state index < -0.39 is 10.0 Å². The average Bonchev–Trinajstić information content (AvgIpc) is 2.94. The summed E-state index contributed by atoms with van der Waals surface area (Å²) in [5.74, 6) is 0.292. The van der Waals surface area contributed by atoms with E-state index >= 15 is 0 Å². The first-order chi connectivity index (χ1) is 10.7. The van der Waals surface area contributed by atoms with E-state index in [9.17, 15) is 13.2 Å². The molecule has 0 unspecified atom stereocenters. The van der Waals surface area contributed by atoms with E-state index in [0.717, 1.165) is 11.3 Å². The highest BCUT2D eigenvalue weighted by Crippen LogP contribution is 2.30. The molecule has 2 rings (SSSR count). The standard InChI is InChI=1S/C15H23ClN2O3S2/c1-10(2)11(3)17-15(19)12-6-8-18(9-7-12)23(20,21)14-5-4-13(16)22-14/h4-5,10-12H,6-9H2,1-3H3,(H,17,19)/t11-/m1/s1. The van der Waals surface area contributed by atoms with Crippen molar-refractivity contribution < 1.29 is 13.2 Å². The van der Waals surface area contributed by atoms with E-state index in [1.807, 2.05) is 6.92 Å². The molecule has 0 aliphatic carbocycles. The van der Waals surface area contributed by atoms with Crippen LogP contribution in [0.4, 0.5) is 0 Å². The molecule has 1 aromatic heterocycles. The molecular weight excluding hydrogens is 356 g/mol. The zero-order chi connectivity index (χ0) is 17.2. The predicted molar refractivity (Wildman–Crippen MR) is 93.3 cm³/mol. The molecule has 0 spiro atoms. The van der Waals surface area contributed by atoms with Crippen LogP contribution in [0.3, 0.4) is 0 Å². The lowest BCUT2D eigenvalue weighted by atomic mass is 9.96. The lowest BCUT2D eigenvalue weighted by molar-refractivity contribution is -0.127. The largest absolute Gasteiger partial charge is 0.353 e. The number of carbonyl (C=O) groups excluding carboxylic acids is 1. The molecule has 2 heterocycles. The fourth-order valence-electron chi connectivity index (χ4n) is 2.43. The molecule has 1 atom stereocenters. The van der Waals surface area contributed by atoms with Gasteiger partial charge in [0.1, 0.15) is 4.21 Å². The minimum Gasteiger partial charge on any atom is -0.353 e. The van der Waals surface area contributed by atoms with Crippen LogP contribution in [0.15, 0.2) is 16.3 Å². The van der Waals surface area contributed by atoms with E-state index in [0.29, 0.717) is 36.2 Å². The molecule has 1 N–H and O–H groups in total. The van der Waals surface area contributed by atoms with E-state index in [1.54, 1.807) is 6.07 Å². The van der Waals surface area contributed by atoms with Crippen LogP contribution >= 0.6 is 22.9 Å². The number of hydrogen-bond acceptors (Lipinski definition) is 4. The SMILES string of the molecule is CC(C)[C@@H](C)NC(=O)C1CCN(S(=O)(=O)c2ccc(Cl)s2)CC1. The molecule has 23 heavy (non-hydrogen) atoms. The number of rotatable bonds is 5. The van der Waals surface area contributed by atoms with Gasteiger partial charge in [-0.25, -0.2) is 8.42 Å². The Bertz CT molecular complexity index is 649. The van der Waals surface area contributed by atoms with Crippen LogP contribution in [-0.2, 0) is 14.8 Å². The Labute approximate surface area is 147 Å². The summed E-state index contributed by atoms with van der Waals surface area (Å²) >= 11 is 6.89. The maximum absolute atomic E-state index is 12.5. The smallest absolute Gasteiger partial charge is 0.252 e. The van der Waals surface area contributed by atoms with E-state index in [4.69, 9.17) is 11.6 Å². The molecule has 1 amide bonds.